The van der Waals surface area contributed by atoms with Gasteiger partial charge in [0.2, 0.25) is 11.8 Å². The van der Waals surface area contributed by atoms with Crippen LogP contribution in [0.5, 0.6) is 11.8 Å². The largest absolute Gasteiger partial charge is 0.508 e. The van der Waals surface area contributed by atoms with Crippen molar-refractivity contribution < 1.29 is 37.0 Å². The molecule has 6 aliphatic rings. The summed E-state index contributed by atoms with van der Waals surface area (Å²) in [6.07, 6.45) is 16.8. The number of hydrogen-bond acceptors (Lipinski definition) is 13. The summed E-state index contributed by atoms with van der Waals surface area (Å²) >= 11 is 0. The molecule has 3 N–H and O–H groups in total. The predicted octanol–water partition coefficient (Wildman–Crippen LogP) is 6.77. The van der Waals surface area contributed by atoms with Crippen LogP contribution in [0.15, 0.2) is 41.3 Å². The number of pyridine rings is 1. The second kappa shape index (κ2) is 20.9. The van der Waals surface area contributed by atoms with E-state index in [4.69, 9.17) is 16.1 Å². The van der Waals surface area contributed by atoms with E-state index >= 15 is 17.6 Å². The van der Waals surface area contributed by atoms with Crippen molar-refractivity contribution in [1.82, 2.24) is 44.5 Å². The van der Waals surface area contributed by atoms with Gasteiger partial charge >= 0.3 is 11.7 Å². The Hall–Kier alpha value is -6.82. The van der Waals surface area contributed by atoms with Gasteiger partial charge in [-0.25, -0.2) is 22.4 Å². The molecule has 16 nitrogen and oxygen atoms in total. The molecule has 12 rings (SSSR count). The minimum atomic E-state index is -1.11. The van der Waals surface area contributed by atoms with Crippen LogP contribution in [-0.4, -0.2) is 135 Å². The number of carbonyl (C=O) groups is 2. The molecule has 3 aromatic carbocycles. The van der Waals surface area contributed by atoms with Gasteiger partial charge in [0, 0.05) is 88.0 Å². The van der Waals surface area contributed by atoms with Gasteiger partial charge in [0.05, 0.1) is 16.6 Å². The van der Waals surface area contributed by atoms with Crippen LogP contribution in [-0.2, 0) is 16.6 Å². The number of halogens is 4. The van der Waals surface area contributed by atoms with Crippen LogP contribution in [0.1, 0.15) is 82.2 Å². The monoisotopic (exact) mass is 1060 g/mol. The summed E-state index contributed by atoms with van der Waals surface area (Å²) in [7, 11) is 1.37. The second-order valence-corrected chi connectivity index (χ2v) is 22.3. The SMILES string of the molecule is C#Cc1c(F)ccc2cc(O)cc(-c3ncc4c(N5CC6CCC(C5)N6)nc(OCCN5CCC(CC6CCN(CC7CCN(c8cc(F)c9c(c8F)n(C)c(=O)n9C8CCC(=O)NC8=O)CC7)CC6)CC5)nc4c3F)c12. The number of imidazole rings is 1. The number of fused-ring (bicyclic) bond motifs is 5. The first kappa shape index (κ1) is 51.0. The number of likely N-dealkylation sites (tertiary alicyclic amines) is 2. The van der Waals surface area contributed by atoms with E-state index in [9.17, 15) is 19.5 Å². The van der Waals surface area contributed by atoms with Crippen molar-refractivity contribution in [3.63, 3.8) is 0 Å². The molecule has 6 saturated heterocycles. The molecule has 3 unspecified atom stereocenters. The number of aromatic hydroxyl groups is 1. The highest BCUT2D eigenvalue weighted by Crippen LogP contribution is 2.41. The number of nitrogens with one attached hydrogen (secondary N) is 2. The van der Waals surface area contributed by atoms with Crippen molar-refractivity contribution >= 4 is 56.0 Å². The molecule has 0 aliphatic carbocycles. The Morgan fingerprint density at radius 3 is 2.19 bits per heavy atom. The summed E-state index contributed by atoms with van der Waals surface area (Å²) in [5.74, 6) is 0.550. The van der Waals surface area contributed by atoms with E-state index in [0.717, 1.165) is 99.3 Å². The molecule has 3 atom stereocenters. The number of carbonyl (C=O) groups excluding carboxylic acids is 2. The van der Waals surface area contributed by atoms with Crippen LogP contribution in [0.25, 0.3) is 44.0 Å². The minimum absolute atomic E-state index is 0.00158. The number of phenolic OH excluding ortho intramolecular Hbond substituents is 1. The van der Waals surface area contributed by atoms with E-state index in [-0.39, 0.29) is 81.1 Å². The average Bonchev–Trinajstić information content (AvgIpc) is 3.95. The molecule has 0 spiro atoms. The smallest absolute Gasteiger partial charge is 0.329 e. The van der Waals surface area contributed by atoms with E-state index in [1.807, 2.05) is 4.90 Å². The molecular formula is C57H63F4N11O5. The van der Waals surface area contributed by atoms with E-state index < -0.39 is 46.8 Å². The maximum atomic E-state index is 17.0. The number of nitrogens with zero attached hydrogens (tertiary/aromatic N) is 9. The molecule has 20 heteroatoms. The van der Waals surface area contributed by atoms with Gasteiger partial charge < -0.3 is 29.9 Å². The van der Waals surface area contributed by atoms with E-state index in [1.165, 1.54) is 37.7 Å². The summed E-state index contributed by atoms with van der Waals surface area (Å²) in [5.41, 5.74) is -1.04. The molecular weight excluding hydrogens is 995 g/mol. The van der Waals surface area contributed by atoms with Crippen molar-refractivity contribution in [1.29, 1.82) is 0 Å². The topological polar surface area (TPSA) is 166 Å². The molecule has 9 heterocycles. The number of benzene rings is 3. The van der Waals surface area contributed by atoms with E-state index in [2.05, 4.69) is 41.2 Å². The van der Waals surface area contributed by atoms with Crippen molar-refractivity contribution in [2.45, 2.75) is 88.8 Å². The molecule has 77 heavy (non-hydrogen) atoms. The molecule has 2 amide bonds. The molecule has 0 radical (unpaired) electrons. The Bertz CT molecular complexity index is 3400. The number of hydrogen-bond donors (Lipinski definition) is 3. The Labute approximate surface area is 442 Å². The van der Waals surface area contributed by atoms with Gasteiger partial charge in [-0.2, -0.15) is 9.97 Å². The van der Waals surface area contributed by atoms with Gasteiger partial charge in [0.25, 0.3) is 0 Å². The minimum Gasteiger partial charge on any atom is -0.508 e. The normalized spacial score (nSPS) is 22.4. The summed E-state index contributed by atoms with van der Waals surface area (Å²) in [6.45, 7) is 8.47. The van der Waals surface area contributed by atoms with Crippen LogP contribution in [0, 0.1) is 53.4 Å². The zero-order valence-electron chi connectivity index (χ0n) is 43.2. The lowest BCUT2D eigenvalue weighted by atomic mass is 9.82. The average molecular weight is 1060 g/mol. The zero-order chi connectivity index (χ0) is 53.2. The number of piperazine rings is 1. The quantitative estimate of drug-likeness (QED) is 0.0669. The third kappa shape index (κ3) is 9.72. The number of piperidine rings is 4. The highest BCUT2D eigenvalue weighted by atomic mass is 19.1. The lowest BCUT2D eigenvalue weighted by molar-refractivity contribution is -0.135. The number of aryl methyl sites for hydroxylation is 1. The van der Waals surface area contributed by atoms with Gasteiger partial charge in [-0.3, -0.25) is 33.9 Å². The number of phenols is 1. The Morgan fingerprint density at radius 1 is 0.792 bits per heavy atom. The van der Waals surface area contributed by atoms with Gasteiger partial charge in [0.1, 0.15) is 52.3 Å². The number of amides is 2. The highest BCUT2D eigenvalue weighted by Gasteiger charge is 2.37. The van der Waals surface area contributed by atoms with Crippen LogP contribution < -0.4 is 30.9 Å². The maximum absolute atomic E-state index is 17.0. The zero-order valence-corrected chi connectivity index (χ0v) is 43.2. The maximum Gasteiger partial charge on any atom is 0.329 e. The van der Waals surface area contributed by atoms with Crippen molar-refractivity contribution in [3.8, 4) is 35.4 Å². The lowest BCUT2D eigenvalue weighted by Crippen LogP contribution is -2.51. The molecule has 6 aromatic rings. The van der Waals surface area contributed by atoms with E-state index in [0.29, 0.717) is 73.7 Å². The predicted molar refractivity (Wildman–Crippen MR) is 284 cm³/mol. The Morgan fingerprint density at radius 2 is 1.49 bits per heavy atom. The lowest BCUT2D eigenvalue weighted by Gasteiger charge is -2.39. The van der Waals surface area contributed by atoms with Crippen molar-refractivity contribution in [2.24, 2.45) is 24.8 Å². The summed E-state index contributed by atoms with van der Waals surface area (Å²) in [4.78, 5) is 60.7. The highest BCUT2D eigenvalue weighted by molar-refractivity contribution is 6.03. The second-order valence-electron chi connectivity index (χ2n) is 22.3. The van der Waals surface area contributed by atoms with Gasteiger partial charge in [-0.1, -0.05) is 12.0 Å². The number of imide groups is 1. The standard InChI is InChI=1S/C57H63F4N11O5/c1-3-39-42(58)7-4-35-25-38(73)26-40(47(35)39)50-49(61)51-41(28-62-50)54(71-30-36-5-6-37(31-71)63-36)66-56(65-51)77-23-22-68-16-10-32(11-17-68)24-33-12-18-69(19-13-33)29-34-14-20-70(21-15-34)45-27-43(59)52-53(48(45)60)67(2)57(76)72(52)44-8-9-46(74)64-55(44)75/h1,4,7,25-28,32-34,36-37,44,63,73H,5-6,8-24,29-31H2,2H3,(H,64,74,75). The Balaban J connectivity index is 0.631. The fourth-order valence-electron chi connectivity index (χ4n) is 13.5. The number of anilines is 2. The van der Waals surface area contributed by atoms with Crippen LogP contribution >= 0.6 is 0 Å². The third-order valence-electron chi connectivity index (χ3n) is 17.5. The number of ether oxygens (including phenoxy) is 1. The van der Waals surface area contributed by atoms with Gasteiger partial charge in [0.15, 0.2) is 17.5 Å². The first-order valence-electron chi connectivity index (χ1n) is 27.3. The third-order valence-corrected chi connectivity index (χ3v) is 17.5. The summed E-state index contributed by atoms with van der Waals surface area (Å²) in [5, 5.41) is 17.7. The Kier molecular flexibility index (Phi) is 13.8. The van der Waals surface area contributed by atoms with Crippen LogP contribution in [0.3, 0.4) is 0 Å². The fraction of sp³-hybridized carbons (Fsp3) is 0.509. The first-order chi connectivity index (χ1) is 37.3. The molecule has 404 valence electrons. The molecule has 6 aliphatic heterocycles. The molecule has 0 saturated carbocycles. The number of rotatable bonds is 12. The van der Waals surface area contributed by atoms with E-state index in [1.54, 1.807) is 6.20 Å². The molecule has 3 aromatic heterocycles. The summed E-state index contributed by atoms with van der Waals surface area (Å²) in [6, 6.07) is 6.19. The fourth-order valence-corrected chi connectivity index (χ4v) is 13.5. The van der Waals surface area contributed by atoms with Crippen LogP contribution in [0.2, 0.25) is 0 Å². The van der Waals surface area contributed by atoms with Crippen LogP contribution in [0.4, 0.5) is 29.1 Å². The molecule has 2 bridgehead atoms. The van der Waals surface area contributed by atoms with Gasteiger partial charge in [-0.15, -0.1) is 6.42 Å². The van der Waals surface area contributed by atoms with Crippen molar-refractivity contribution in [2.75, 3.05) is 81.9 Å². The van der Waals surface area contributed by atoms with Gasteiger partial charge in [-0.05, 0) is 132 Å². The number of terminal acetylenes is 1. The van der Waals surface area contributed by atoms with Crippen molar-refractivity contribution in [3.05, 3.63) is 75.8 Å². The summed E-state index contributed by atoms with van der Waals surface area (Å²) < 4.78 is 72.5. The number of aromatic nitrogens is 5. The first-order valence-corrected chi connectivity index (χ1v) is 27.3. The molecule has 6 fully saturated rings.